The smallest absolute Gasteiger partial charge is 0.0621 e. The van der Waals surface area contributed by atoms with E-state index in [0.717, 1.165) is 22.8 Å². The number of nitrogens with zero attached hydrogens (tertiary/aromatic N) is 4. The van der Waals surface area contributed by atoms with Gasteiger partial charge in [-0.1, -0.05) is 102 Å². The molecule has 0 fully saturated rings. The van der Waals surface area contributed by atoms with E-state index in [1.165, 1.54) is 115 Å². The van der Waals surface area contributed by atoms with Crippen molar-refractivity contribution in [2.45, 2.75) is 34.6 Å². The highest BCUT2D eigenvalue weighted by Crippen LogP contribution is 2.50. The van der Waals surface area contributed by atoms with Crippen molar-refractivity contribution in [1.29, 1.82) is 0 Å². The molecule has 4 aromatic heterocycles. The second-order valence-electron chi connectivity index (χ2n) is 17.6. The lowest BCUT2D eigenvalue weighted by atomic mass is 10.0. The standard InChI is InChI=1S/C59H42N4/c1-35-25-29-41(30-26-35)61(53-32-37(3)24-28-39(53)5)49-20-12-22-51-57(49)45-18-10-16-43-47-33-54-46(34-55(47)63(51)59(43)45)42-15-9-17-44-56-48(19-11-21-50(56)62(54)58(42)44)60(40-13-7-6-8-14-40)52-31-36(2)23-27-38(52)4/h7,9-34H,1-5H3. The molecule has 0 spiro atoms. The number of benzene rings is 8. The van der Waals surface area contributed by atoms with Gasteiger partial charge in [0.2, 0.25) is 0 Å². The number of para-hydroxylation sites is 2. The van der Waals surface area contributed by atoms with Gasteiger partial charge in [-0.15, -0.1) is 0 Å². The van der Waals surface area contributed by atoms with E-state index in [9.17, 15) is 0 Å². The second kappa shape index (κ2) is 13.0. The molecule has 0 radical (unpaired) electrons. The molecule has 0 saturated heterocycles. The van der Waals surface area contributed by atoms with Gasteiger partial charge in [0.05, 0.1) is 50.2 Å². The molecule has 12 aromatic rings. The van der Waals surface area contributed by atoms with Crippen LogP contribution in [-0.4, -0.2) is 8.80 Å². The van der Waals surface area contributed by atoms with Crippen molar-refractivity contribution in [3.63, 3.8) is 0 Å². The largest absolute Gasteiger partial charge is 0.310 e. The summed E-state index contributed by atoms with van der Waals surface area (Å²) in [7, 11) is 0. The van der Waals surface area contributed by atoms with Crippen molar-refractivity contribution in [1.82, 2.24) is 8.80 Å². The zero-order valence-corrected chi connectivity index (χ0v) is 35.9. The Labute approximate surface area is 365 Å². The maximum absolute atomic E-state index is 3.24. The van der Waals surface area contributed by atoms with Crippen LogP contribution in [0.1, 0.15) is 27.8 Å². The van der Waals surface area contributed by atoms with E-state index < -0.39 is 0 Å². The molecular formula is C59H42N4. The van der Waals surface area contributed by atoms with Crippen LogP contribution in [-0.2, 0) is 0 Å². The van der Waals surface area contributed by atoms with Crippen molar-refractivity contribution >= 4 is 105 Å². The first-order valence-electron chi connectivity index (χ1n) is 21.8. The van der Waals surface area contributed by atoms with Crippen LogP contribution >= 0.6 is 0 Å². The summed E-state index contributed by atoms with van der Waals surface area (Å²) in [5, 5.41) is 10.1. The van der Waals surface area contributed by atoms with Gasteiger partial charge in [-0.05, 0) is 130 Å². The van der Waals surface area contributed by atoms with Gasteiger partial charge in [-0.2, -0.15) is 0 Å². The van der Waals surface area contributed by atoms with E-state index in [1.54, 1.807) is 0 Å². The molecule has 0 amide bonds. The Morgan fingerprint density at radius 3 is 1.43 bits per heavy atom. The molecule has 1 aliphatic carbocycles. The molecule has 1 aliphatic rings. The van der Waals surface area contributed by atoms with Crippen LogP contribution in [0.4, 0.5) is 28.4 Å². The van der Waals surface area contributed by atoms with Gasteiger partial charge in [0.15, 0.2) is 0 Å². The first kappa shape index (κ1) is 35.7. The number of anilines is 5. The topological polar surface area (TPSA) is 15.3 Å². The SMILES string of the molecule is Cc1ccc(N(c2cc(C)ccc2C)c2cccc3c2c2cccc4c5cc6c(cc5n3c42)c2cccc3c4c(N(C5=CC=C=C=C5)c5cc(C)ccc5C)cccc4n6c23)cc1. The van der Waals surface area contributed by atoms with E-state index in [1.807, 2.05) is 12.2 Å². The van der Waals surface area contributed by atoms with Gasteiger partial charge in [-0.3, -0.25) is 0 Å². The van der Waals surface area contributed by atoms with Crippen molar-refractivity contribution in [3.05, 3.63) is 209 Å². The normalized spacial score (nSPS) is 12.9. The number of fused-ring (bicyclic) bond motifs is 12. The Balaban J connectivity index is 1.09. The lowest BCUT2D eigenvalue weighted by Gasteiger charge is -2.29. The van der Waals surface area contributed by atoms with E-state index in [0.29, 0.717) is 0 Å². The first-order valence-corrected chi connectivity index (χ1v) is 21.8. The number of hydrogen-bond acceptors (Lipinski definition) is 2. The number of aromatic nitrogens is 2. The third-order valence-corrected chi connectivity index (χ3v) is 13.6. The Morgan fingerprint density at radius 2 is 0.889 bits per heavy atom. The number of rotatable bonds is 6. The van der Waals surface area contributed by atoms with Crippen LogP contribution < -0.4 is 9.80 Å². The van der Waals surface area contributed by atoms with Crippen molar-refractivity contribution in [2.24, 2.45) is 0 Å². The summed E-state index contributed by atoms with van der Waals surface area (Å²) in [6.45, 7) is 10.9. The van der Waals surface area contributed by atoms with Crippen LogP contribution in [0.15, 0.2) is 181 Å². The van der Waals surface area contributed by atoms with E-state index in [4.69, 9.17) is 0 Å². The molecule has 0 unspecified atom stereocenters. The average molecular weight is 807 g/mol. The van der Waals surface area contributed by atoms with Crippen LogP contribution in [0.3, 0.4) is 0 Å². The van der Waals surface area contributed by atoms with Gasteiger partial charge in [-0.25, -0.2) is 0 Å². The minimum atomic E-state index is 1.06. The number of aryl methyl sites for hydroxylation is 5. The quantitative estimate of drug-likeness (QED) is 0.156. The predicted molar refractivity (Wildman–Crippen MR) is 267 cm³/mol. The molecule has 0 bridgehead atoms. The zero-order valence-electron chi connectivity index (χ0n) is 35.9. The van der Waals surface area contributed by atoms with E-state index in [2.05, 4.69) is 216 Å². The fourth-order valence-electron chi connectivity index (χ4n) is 10.8. The molecule has 4 nitrogen and oxygen atoms in total. The molecule has 4 heteroatoms. The monoisotopic (exact) mass is 806 g/mol. The van der Waals surface area contributed by atoms with E-state index in [-0.39, 0.29) is 0 Å². The highest BCUT2D eigenvalue weighted by molar-refractivity contribution is 6.31. The third kappa shape index (κ3) is 4.94. The summed E-state index contributed by atoms with van der Waals surface area (Å²) in [6.07, 6.45) is 6.14. The van der Waals surface area contributed by atoms with Crippen molar-refractivity contribution in [3.8, 4) is 0 Å². The molecule has 0 aliphatic heterocycles. The fourth-order valence-corrected chi connectivity index (χ4v) is 10.8. The van der Waals surface area contributed by atoms with Gasteiger partial charge in [0.25, 0.3) is 0 Å². The maximum Gasteiger partial charge on any atom is 0.0621 e. The summed E-state index contributed by atoms with van der Waals surface area (Å²) >= 11 is 0. The lowest BCUT2D eigenvalue weighted by Crippen LogP contribution is -2.17. The molecule has 298 valence electrons. The van der Waals surface area contributed by atoms with Crippen molar-refractivity contribution < 1.29 is 0 Å². The van der Waals surface area contributed by atoms with E-state index >= 15 is 0 Å². The van der Waals surface area contributed by atoms with Gasteiger partial charge >= 0.3 is 0 Å². The van der Waals surface area contributed by atoms with Gasteiger partial charge < -0.3 is 18.6 Å². The van der Waals surface area contributed by atoms with Crippen LogP contribution in [0.25, 0.3) is 76.2 Å². The number of allylic oxidation sites excluding steroid dienone is 3. The summed E-state index contributed by atoms with van der Waals surface area (Å²) in [5.41, 5.74) is 26.8. The van der Waals surface area contributed by atoms with Gasteiger partial charge in [0, 0.05) is 66.2 Å². The minimum Gasteiger partial charge on any atom is -0.310 e. The van der Waals surface area contributed by atoms with Crippen LogP contribution in [0, 0.1) is 34.6 Å². The van der Waals surface area contributed by atoms with Gasteiger partial charge in [0.1, 0.15) is 0 Å². The third-order valence-electron chi connectivity index (χ3n) is 13.6. The average Bonchev–Trinajstić information content (AvgIpc) is 4.03. The van der Waals surface area contributed by atoms with Crippen molar-refractivity contribution in [2.75, 3.05) is 9.80 Å². The molecule has 63 heavy (non-hydrogen) atoms. The summed E-state index contributed by atoms with van der Waals surface area (Å²) in [4.78, 5) is 4.87. The second-order valence-corrected chi connectivity index (χ2v) is 17.6. The number of hydrogen-bond donors (Lipinski definition) is 0. The fraction of sp³-hybridized carbons (Fsp3) is 0.0847. The molecule has 0 saturated carbocycles. The predicted octanol–water partition coefficient (Wildman–Crippen LogP) is 15.9. The molecule has 0 atom stereocenters. The Morgan fingerprint density at radius 1 is 0.397 bits per heavy atom. The summed E-state index contributed by atoms with van der Waals surface area (Å²) in [6, 6.07) is 54.8. The molecule has 13 rings (SSSR count). The Bertz CT molecular complexity index is 4050. The van der Waals surface area contributed by atoms with Crippen LogP contribution in [0.2, 0.25) is 0 Å². The maximum atomic E-state index is 3.24. The summed E-state index contributed by atoms with van der Waals surface area (Å²) in [5.74, 6) is 0. The minimum absolute atomic E-state index is 1.06. The Hall–Kier alpha value is -8.00. The molecule has 4 heterocycles. The lowest BCUT2D eigenvalue weighted by molar-refractivity contribution is 1.19. The Kier molecular flexibility index (Phi) is 7.37. The molecular weight excluding hydrogens is 765 g/mol. The highest BCUT2D eigenvalue weighted by Gasteiger charge is 2.27. The first-order chi connectivity index (χ1) is 30.8. The molecule has 0 N–H and O–H groups in total. The summed E-state index contributed by atoms with van der Waals surface area (Å²) < 4.78 is 5.06. The van der Waals surface area contributed by atoms with Crippen LogP contribution in [0.5, 0.6) is 0 Å². The molecule has 8 aromatic carbocycles. The zero-order chi connectivity index (χ0) is 42.2. The highest BCUT2D eigenvalue weighted by atomic mass is 15.2.